The maximum absolute atomic E-state index is 11.4. The van der Waals surface area contributed by atoms with Gasteiger partial charge >= 0.3 is 0 Å². The molecule has 2 N–H and O–H groups in total. The number of likely N-dealkylation sites (N-methyl/N-ethyl adjacent to an activating group) is 1. The van der Waals surface area contributed by atoms with E-state index in [0.717, 1.165) is 30.8 Å². The molecule has 1 aliphatic heterocycles. The van der Waals surface area contributed by atoms with E-state index in [4.69, 9.17) is 4.74 Å². The third-order valence-corrected chi connectivity index (χ3v) is 4.13. The number of anilines is 1. The van der Waals surface area contributed by atoms with E-state index in [2.05, 4.69) is 20.4 Å². The van der Waals surface area contributed by atoms with E-state index in [-0.39, 0.29) is 12.5 Å². The Morgan fingerprint density at radius 3 is 2.92 bits per heavy atom. The fourth-order valence-electron chi connectivity index (χ4n) is 2.87. The number of hydrogen-bond donors (Lipinski definition) is 2. The lowest BCUT2D eigenvalue weighted by molar-refractivity contribution is -0.122. The molecular formula is C18H24N4O2. The number of aromatic nitrogens is 2. The quantitative estimate of drug-likeness (QED) is 0.819. The average Bonchev–Trinajstić information content (AvgIpc) is 3.02. The molecule has 3 rings (SSSR count). The summed E-state index contributed by atoms with van der Waals surface area (Å²) in [6.07, 6.45) is 5.46. The molecule has 0 aliphatic carbocycles. The van der Waals surface area contributed by atoms with Crippen molar-refractivity contribution in [3.05, 3.63) is 41.7 Å². The molecule has 0 atom stereocenters. The van der Waals surface area contributed by atoms with Gasteiger partial charge in [-0.3, -0.25) is 9.48 Å². The molecule has 128 valence electrons. The summed E-state index contributed by atoms with van der Waals surface area (Å²) in [6.45, 7) is 4.32. The molecule has 0 unspecified atom stereocenters. The molecule has 24 heavy (non-hydrogen) atoms. The molecule has 0 fully saturated rings. The average molecular weight is 328 g/mol. The van der Waals surface area contributed by atoms with Gasteiger partial charge in [-0.2, -0.15) is 5.10 Å². The standard InChI is InChI=1S/C18H24N4O2/c1-2-19-18(23)13-24-15-8-6-14(7-9-15)11-20-16-12-21-22-10-4-3-5-17(16)22/h6-9,12,20H,2-5,10-11,13H2,1H3,(H,19,23). The lowest BCUT2D eigenvalue weighted by atomic mass is 10.1. The van der Waals surface area contributed by atoms with Gasteiger partial charge < -0.3 is 15.4 Å². The molecule has 0 spiro atoms. The lowest BCUT2D eigenvalue weighted by Crippen LogP contribution is -2.28. The summed E-state index contributed by atoms with van der Waals surface area (Å²) in [5.74, 6) is 0.599. The third kappa shape index (κ3) is 4.07. The van der Waals surface area contributed by atoms with Crippen molar-refractivity contribution in [1.82, 2.24) is 15.1 Å². The van der Waals surface area contributed by atoms with Crippen LogP contribution >= 0.6 is 0 Å². The molecule has 1 aromatic heterocycles. The molecular weight excluding hydrogens is 304 g/mol. The van der Waals surface area contributed by atoms with Gasteiger partial charge in [0.05, 0.1) is 17.6 Å². The van der Waals surface area contributed by atoms with Gasteiger partial charge in [0.2, 0.25) is 0 Å². The Morgan fingerprint density at radius 2 is 2.12 bits per heavy atom. The first-order chi connectivity index (χ1) is 11.8. The largest absolute Gasteiger partial charge is 0.484 e. The minimum absolute atomic E-state index is 0.0496. The maximum Gasteiger partial charge on any atom is 0.257 e. The van der Waals surface area contributed by atoms with E-state index >= 15 is 0 Å². The Labute approximate surface area is 142 Å². The van der Waals surface area contributed by atoms with E-state index in [1.165, 1.54) is 18.5 Å². The van der Waals surface area contributed by atoms with Crippen LogP contribution in [0, 0.1) is 0 Å². The number of hydrogen-bond acceptors (Lipinski definition) is 4. The minimum Gasteiger partial charge on any atom is -0.484 e. The summed E-state index contributed by atoms with van der Waals surface area (Å²) in [6, 6.07) is 7.80. The Kier molecular flexibility index (Phi) is 5.36. The number of aryl methyl sites for hydroxylation is 1. The summed E-state index contributed by atoms with van der Waals surface area (Å²) >= 11 is 0. The predicted molar refractivity (Wildman–Crippen MR) is 93.1 cm³/mol. The van der Waals surface area contributed by atoms with Crippen LogP contribution in [0.4, 0.5) is 5.69 Å². The highest BCUT2D eigenvalue weighted by Gasteiger charge is 2.14. The molecule has 0 saturated carbocycles. The maximum atomic E-state index is 11.4. The number of carbonyl (C=O) groups is 1. The first-order valence-corrected chi connectivity index (χ1v) is 8.53. The van der Waals surface area contributed by atoms with Gasteiger partial charge in [-0.05, 0) is 43.9 Å². The zero-order chi connectivity index (χ0) is 16.8. The number of fused-ring (bicyclic) bond motifs is 1. The molecule has 6 heteroatoms. The van der Waals surface area contributed by atoms with Crippen molar-refractivity contribution in [1.29, 1.82) is 0 Å². The van der Waals surface area contributed by atoms with Crippen LogP contribution in [-0.4, -0.2) is 28.8 Å². The van der Waals surface area contributed by atoms with E-state index in [1.54, 1.807) is 0 Å². The number of nitrogens with zero attached hydrogens (tertiary/aromatic N) is 2. The minimum atomic E-state index is -0.103. The van der Waals surface area contributed by atoms with Crippen LogP contribution in [0.5, 0.6) is 5.75 Å². The van der Waals surface area contributed by atoms with E-state index in [9.17, 15) is 4.79 Å². The van der Waals surface area contributed by atoms with Gasteiger partial charge in [-0.25, -0.2) is 0 Å². The Bertz CT molecular complexity index is 679. The summed E-state index contributed by atoms with van der Waals surface area (Å²) < 4.78 is 7.56. The van der Waals surface area contributed by atoms with Gasteiger partial charge in [0.1, 0.15) is 5.75 Å². The topological polar surface area (TPSA) is 68.2 Å². The molecule has 2 aromatic rings. The summed E-state index contributed by atoms with van der Waals surface area (Å²) in [5, 5.41) is 10.6. The number of rotatable bonds is 7. The van der Waals surface area contributed by atoms with Gasteiger partial charge in [0, 0.05) is 19.6 Å². The van der Waals surface area contributed by atoms with Gasteiger partial charge in [0.15, 0.2) is 6.61 Å². The Hall–Kier alpha value is -2.50. The van der Waals surface area contributed by atoms with Gasteiger partial charge in [0.25, 0.3) is 5.91 Å². The highest BCUT2D eigenvalue weighted by Crippen LogP contribution is 2.23. The molecule has 0 radical (unpaired) electrons. The number of benzene rings is 1. The van der Waals surface area contributed by atoms with Crippen LogP contribution in [0.2, 0.25) is 0 Å². The fraction of sp³-hybridized carbons (Fsp3) is 0.444. The molecule has 1 amide bonds. The number of ether oxygens (including phenoxy) is 1. The molecule has 0 saturated heterocycles. The number of nitrogens with one attached hydrogen (secondary N) is 2. The monoisotopic (exact) mass is 328 g/mol. The first kappa shape index (κ1) is 16.4. The van der Waals surface area contributed by atoms with E-state index in [1.807, 2.05) is 37.4 Å². The van der Waals surface area contributed by atoms with Crippen LogP contribution in [-0.2, 0) is 24.3 Å². The summed E-state index contributed by atoms with van der Waals surface area (Å²) in [7, 11) is 0. The second-order valence-electron chi connectivity index (χ2n) is 5.92. The van der Waals surface area contributed by atoms with E-state index < -0.39 is 0 Å². The van der Waals surface area contributed by atoms with Crippen molar-refractivity contribution in [2.24, 2.45) is 0 Å². The lowest BCUT2D eigenvalue weighted by Gasteiger charge is -2.15. The van der Waals surface area contributed by atoms with E-state index in [0.29, 0.717) is 12.3 Å². The highest BCUT2D eigenvalue weighted by molar-refractivity contribution is 5.77. The highest BCUT2D eigenvalue weighted by atomic mass is 16.5. The van der Waals surface area contributed by atoms with Crippen molar-refractivity contribution in [2.75, 3.05) is 18.5 Å². The number of amides is 1. The predicted octanol–water partition coefficient (Wildman–Crippen LogP) is 2.35. The third-order valence-electron chi connectivity index (χ3n) is 4.13. The van der Waals surface area contributed by atoms with Crippen LogP contribution in [0.25, 0.3) is 0 Å². The van der Waals surface area contributed by atoms with Crippen molar-refractivity contribution in [3.63, 3.8) is 0 Å². The first-order valence-electron chi connectivity index (χ1n) is 8.53. The second kappa shape index (κ2) is 7.86. The smallest absolute Gasteiger partial charge is 0.257 e. The van der Waals surface area contributed by atoms with Crippen molar-refractivity contribution < 1.29 is 9.53 Å². The Morgan fingerprint density at radius 1 is 1.29 bits per heavy atom. The van der Waals surface area contributed by atoms with Crippen LogP contribution in [0.15, 0.2) is 30.5 Å². The molecule has 2 heterocycles. The van der Waals surface area contributed by atoms with Crippen molar-refractivity contribution in [3.8, 4) is 5.75 Å². The molecule has 6 nitrogen and oxygen atoms in total. The van der Waals surface area contributed by atoms with Crippen molar-refractivity contribution >= 4 is 11.6 Å². The zero-order valence-corrected chi connectivity index (χ0v) is 14.0. The van der Waals surface area contributed by atoms with Crippen LogP contribution < -0.4 is 15.4 Å². The van der Waals surface area contributed by atoms with Crippen molar-refractivity contribution in [2.45, 2.75) is 39.3 Å². The zero-order valence-electron chi connectivity index (χ0n) is 14.0. The summed E-state index contributed by atoms with van der Waals surface area (Å²) in [5.41, 5.74) is 3.60. The molecule has 1 aromatic carbocycles. The molecule has 1 aliphatic rings. The number of carbonyl (C=O) groups excluding carboxylic acids is 1. The van der Waals surface area contributed by atoms with Gasteiger partial charge in [-0.1, -0.05) is 12.1 Å². The SMILES string of the molecule is CCNC(=O)COc1ccc(CNc2cnn3c2CCCC3)cc1. The molecule has 0 bridgehead atoms. The fourth-order valence-corrected chi connectivity index (χ4v) is 2.87. The normalized spacial score (nSPS) is 13.2. The second-order valence-corrected chi connectivity index (χ2v) is 5.92. The van der Waals surface area contributed by atoms with Crippen LogP contribution in [0.1, 0.15) is 31.0 Å². The summed E-state index contributed by atoms with van der Waals surface area (Å²) in [4.78, 5) is 11.4. The van der Waals surface area contributed by atoms with Crippen LogP contribution in [0.3, 0.4) is 0 Å². The Balaban J connectivity index is 1.51. The van der Waals surface area contributed by atoms with Gasteiger partial charge in [-0.15, -0.1) is 0 Å².